The molecule has 1 atom stereocenters. The van der Waals surface area contributed by atoms with Crippen LogP contribution in [0.15, 0.2) is 60.8 Å². The number of hydrogen-bond acceptors (Lipinski definition) is 6. The van der Waals surface area contributed by atoms with E-state index in [9.17, 15) is 14.4 Å². The highest BCUT2D eigenvalue weighted by molar-refractivity contribution is 5.71. The van der Waals surface area contributed by atoms with Crippen LogP contribution in [0.25, 0.3) is 0 Å². The predicted octanol–water partition coefficient (Wildman–Crippen LogP) is 23.9. The van der Waals surface area contributed by atoms with Crippen LogP contribution >= 0.6 is 0 Å². The minimum absolute atomic E-state index is 0.0734. The van der Waals surface area contributed by atoms with Crippen molar-refractivity contribution in [3.8, 4) is 0 Å². The highest BCUT2D eigenvalue weighted by Crippen LogP contribution is 2.17. The molecule has 0 saturated heterocycles. The summed E-state index contributed by atoms with van der Waals surface area (Å²) in [7, 11) is 0. The molecule has 6 heteroatoms. The van der Waals surface area contributed by atoms with Crippen LogP contribution < -0.4 is 0 Å². The van der Waals surface area contributed by atoms with Gasteiger partial charge in [0, 0.05) is 19.3 Å². The molecule has 0 radical (unpaired) electrons. The molecule has 0 spiro atoms. The lowest BCUT2D eigenvalue weighted by molar-refractivity contribution is -0.167. The Morgan fingerprint density at radius 1 is 0.253 bits per heavy atom. The molecule has 1 unspecified atom stereocenters. The number of carbonyl (C=O) groups is 3. The summed E-state index contributed by atoms with van der Waals surface area (Å²) in [5, 5.41) is 0. The maximum absolute atomic E-state index is 12.9. The van der Waals surface area contributed by atoms with Gasteiger partial charge in [0.15, 0.2) is 6.10 Å². The van der Waals surface area contributed by atoms with Gasteiger partial charge in [-0.15, -0.1) is 0 Å². The minimum Gasteiger partial charge on any atom is -0.462 e. The molecule has 6 nitrogen and oxygen atoms in total. The van der Waals surface area contributed by atoms with E-state index in [4.69, 9.17) is 14.2 Å². The normalized spacial score (nSPS) is 12.4. The van der Waals surface area contributed by atoms with Crippen molar-refractivity contribution in [1.29, 1.82) is 0 Å². The minimum atomic E-state index is -0.778. The van der Waals surface area contributed by atoms with Crippen LogP contribution in [0.5, 0.6) is 0 Å². The first-order valence-corrected chi connectivity index (χ1v) is 34.8. The van der Waals surface area contributed by atoms with Crippen molar-refractivity contribution in [3.63, 3.8) is 0 Å². The highest BCUT2D eigenvalue weighted by atomic mass is 16.6. The molecular weight excluding hydrogens is 973 g/mol. The third kappa shape index (κ3) is 65.8. The molecule has 0 aliphatic rings. The zero-order valence-electron chi connectivity index (χ0n) is 52.9. The van der Waals surface area contributed by atoms with E-state index in [0.29, 0.717) is 19.3 Å². The molecule has 0 rings (SSSR count). The largest absolute Gasteiger partial charge is 0.462 e. The molecule has 0 aromatic carbocycles. The summed E-state index contributed by atoms with van der Waals surface area (Å²) in [6.07, 6.45) is 86.6. The van der Waals surface area contributed by atoms with E-state index in [1.54, 1.807) is 0 Å². The molecule has 0 N–H and O–H groups in total. The van der Waals surface area contributed by atoms with Crippen LogP contribution in [0.3, 0.4) is 0 Å². The Labute approximate surface area is 491 Å². The van der Waals surface area contributed by atoms with Crippen molar-refractivity contribution in [2.24, 2.45) is 0 Å². The van der Waals surface area contributed by atoms with Crippen LogP contribution in [0.2, 0.25) is 0 Å². The van der Waals surface area contributed by atoms with Gasteiger partial charge in [0.1, 0.15) is 13.2 Å². The van der Waals surface area contributed by atoms with Gasteiger partial charge in [-0.1, -0.05) is 319 Å². The summed E-state index contributed by atoms with van der Waals surface area (Å²) in [6.45, 7) is 6.67. The molecule has 0 saturated carbocycles. The third-order valence-corrected chi connectivity index (χ3v) is 15.5. The molecule has 0 fully saturated rings. The summed E-state index contributed by atoms with van der Waals surface area (Å²) in [6, 6.07) is 0. The van der Waals surface area contributed by atoms with Gasteiger partial charge >= 0.3 is 17.9 Å². The number of rotatable bonds is 64. The lowest BCUT2D eigenvalue weighted by Crippen LogP contribution is -2.30. The molecule has 0 bridgehead atoms. The van der Waals surface area contributed by atoms with Gasteiger partial charge in [-0.25, -0.2) is 0 Å². The van der Waals surface area contributed by atoms with Crippen LogP contribution in [-0.4, -0.2) is 37.2 Å². The molecule has 460 valence electrons. The van der Waals surface area contributed by atoms with Crippen LogP contribution in [0.4, 0.5) is 0 Å². The number of hydrogen-bond donors (Lipinski definition) is 0. The van der Waals surface area contributed by atoms with Gasteiger partial charge in [0.25, 0.3) is 0 Å². The average Bonchev–Trinajstić information content (AvgIpc) is 3.45. The number of unbranched alkanes of at least 4 members (excludes halogenated alkanes) is 43. The van der Waals surface area contributed by atoms with Crippen LogP contribution in [0, 0.1) is 0 Å². The molecule has 0 amide bonds. The van der Waals surface area contributed by atoms with Gasteiger partial charge in [-0.05, 0) is 89.9 Å². The van der Waals surface area contributed by atoms with Crippen molar-refractivity contribution in [2.45, 2.75) is 374 Å². The summed E-state index contributed by atoms with van der Waals surface area (Å²) in [5.74, 6) is -0.859. The summed E-state index contributed by atoms with van der Waals surface area (Å²) in [4.78, 5) is 38.4. The van der Waals surface area contributed by atoms with Gasteiger partial charge < -0.3 is 14.2 Å². The van der Waals surface area contributed by atoms with Gasteiger partial charge in [-0.2, -0.15) is 0 Å². The molecular formula is C73H132O6. The number of carbonyl (C=O) groups excluding carboxylic acids is 3. The Bertz CT molecular complexity index is 1410. The fourth-order valence-corrected chi connectivity index (χ4v) is 10.2. The molecule has 79 heavy (non-hydrogen) atoms. The second kappa shape index (κ2) is 67.6. The monoisotopic (exact) mass is 1110 g/mol. The zero-order chi connectivity index (χ0) is 57.1. The molecule has 0 aromatic rings. The third-order valence-electron chi connectivity index (χ3n) is 15.5. The van der Waals surface area contributed by atoms with Crippen molar-refractivity contribution >= 4 is 17.9 Å². The Kier molecular flexibility index (Phi) is 65.1. The van der Waals surface area contributed by atoms with Crippen molar-refractivity contribution in [2.75, 3.05) is 13.2 Å². The number of allylic oxidation sites excluding steroid dienone is 10. The standard InChI is InChI=1S/C73H132O6/c1-4-7-10-13-16-19-22-25-27-29-31-33-35-36-38-39-41-43-45-48-51-54-57-60-63-66-72(75)78-69-70(68-77-71(74)65-62-59-56-53-50-47-24-21-18-15-12-9-6-3)79-73(76)67-64-61-58-55-52-49-46-44-42-40-37-34-32-30-28-26-23-20-17-14-11-8-5-2/h22-23,25-26,29-32,37,40,70H,4-21,24,27-28,33-36,38-39,41-69H2,1-3H3/b25-22-,26-23-,31-29-,32-30-,40-37-. The van der Waals surface area contributed by atoms with Crippen molar-refractivity contribution < 1.29 is 28.6 Å². The second-order valence-electron chi connectivity index (χ2n) is 23.4. The molecule has 0 aliphatic heterocycles. The first kappa shape index (κ1) is 76.1. The Hall–Kier alpha value is -2.89. The number of esters is 3. The Balaban J connectivity index is 4.29. The number of ether oxygens (including phenoxy) is 3. The van der Waals surface area contributed by atoms with E-state index in [2.05, 4.69) is 81.5 Å². The lowest BCUT2D eigenvalue weighted by Gasteiger charge is -2.18. The van der Waals surface area contributed by atoms with E-state index in [1.165, 1.54) is 244 Å². The van der Waals surface area contributed by atoms with E-state index in [0.717, 1.165) is 83.5 Å². The zero-order valence-corrected chi connectivity index (χ0v) is 52.9. The van der Waals surface area contributed by atoms with Crippen LogP contribution in [-0.2, 0) is 28.6 Å². The van der Waals surface area contributed by atoms with E-state index in [-0.39, 0.29) is 31.1 Å². The molecule has 0 heterocycles. The summed E-state index contributed by atoms with van der Waals surface area (Å²) < 4.78 is 17.0. The van der Waals surface area contributed by atoms with Gasteiger partial charge in [0.2, 0.25) is 0 Å². The van der Waals surface area contributed by atoms with E-state index in [1.807, 2.05) is 0 Å². The molecule has 0 aromatic heterocycles. The highest BCUT2D eigenvalue weighted by Gasteiger charge is 2.19. The Morgan fingerprint density at radius 3 is 0.709 bits per heavy atom. The van der Waals surface area contributed by atoms with E-state index < -0.39 is 6.10 Å². The first-order valence-electron chi connectivity index (χ1n) is 34.8. The second-order valence-corrected chi connectivity index (χ2v) is 23.4. The van der Waals surface area contributed by atoms with Gasteiger partial charge in [0.05, 0.1) is 0 Å². The Morgan fingerprint density at radius 2 is 0.456 bits per heavy atom. The maximum Gasteiger partial charge on any atom is 0.306 e. The smallest absolute Gasteiger partial charge is 0.306 e. The predicted molar refractivity (Wildman–Crippen MR) is 344 cm³/mol. The SMILES string of the molecule is CCCCCCC/C=C\C/C=C\C/C=C\CCCCCCCCCCC(=O)OC(COC(=O)CCCCCCCCCCCCCCC)COC(=O)CCCCCCCCCCCCCCC/C=C\C/C=C\CCCCCCC. The summed E-state index contributed by atoms with van der Waals surface area (Å²) >= 11 is 0. The quantitative estimate of drug-likeness (QED) is 0.0261. The first-order chi connectivity index (χ1) is 39.0. The topological polar surface area (TPSA) is 78.9 Å². The van der Waals surface area contributed by atoms with E-state index >= 15 is 0 Å². The van der Waals surface area contributed by atoms with Crippen molar-refractivity contribution in [1.82, 2.24) is 0 Å². The molecule has 0 aliphatic carbocycles. The summed E-state index contributed by atoms with van der Waals surface area (Å²) in [5.41, 5.74) is 0. The van der Waals surface area contributed by atoms with Crippen molar-refractivity contribution in [3.05, 3.63) is 60.8 Å². The van der Waals surface area contributed by atoms with Crippen LogP contribution in [0.1, 0.15) is 367 Å². The average molecular weight is 1110 g/mol. The maximum atomic E-state index is 12.9. The van der Waals surface area contributed by atoms with Gasteiger partial charge in [-0.3, -0.25) is 14.4 Å². The fourth-order valence-electron chi connectivity index (χ4n) is 10.2. The lowest BCUT2D eigenvalue weighted by atomic mass is 10.0. The fraction of sp³-hybridized carbons (Fsp3) is 0.822.